The van der Waals surface area contributed by atoms with Gasteiger partial charge in [-0.3, -0.25) is 9.97 Å². The second-order valence-electron chi connectivity index (χ2n) is 5.90. The van der Waals surface area contributed by atoms with Crippen molar-refractivity contribution >= 4 is 22.6 Å². The number of allylic oxidation sites excluding steroid dienone is 1. The van der Waals surface area contributed by atoms with Gasteiger partial charge in [-0.25, -0.2) is 0 Å². The summed E-state index contributed by atoms with van der Waals surface area (Å²) in [6.07, 6.45) is 9.56. The molecule has 2 heterocycles. The first-order chi connectivity index (χ1) is 10.8. The number of para-hydroxylation sites is 1. The summed E-state index contributed by atoms with van der Waals surface area (Å²) >= 11 is 0. The second-order valence-corrected chi connectivity index (χ2v) is 5.90. The Hall–Kier alpha value is -2.48. The third kappa shape index (κ3) is 2.21. The summed E-state index contributed by atoms with van der Waals surface area (Å²) in [6, 6.07) is 12.5. The lowest BCUT2D eigenvalue weighted by Gasteiger charge is -2.20. The first-order valence-corrected chi connectivity index (χ1v) is 7.82. The van der Waals surface area contributed by atoms with Gasteiger partial charge >= 0.3 is 0 Å². The molecule has 0 spiro atoms. The van der Waals surface area contributed by atoms with Gasteiger partial charge in [0, 0.05) is 17.8 Å². The number of benzene rings is 1. The van der Waals surface area contributed by atoms with Crippen molar-refractivity contribution in [2.24, 2.45) is 0 Å². The first-order valence-electron chi connectivity index (χ1n) is 7.82. The molecule has 2 aromatic heterocycles. The molecule has 0 aliphatic heterocycles. The van der Waals surface area contributed by atoms with Crippen LogP contribution in [0, 0.1) is 6.92 Å². The number of pyridine rings is 2. The maximum Gasteiger partial charge on any atom is 0.0707 e. The third-order valence-corrected chi connectivity index (χ3v) is 4.48. The molecule has 0 atom stereocenters. The summed E-state index contributed by atoms with van der Waals surface area (Å²) < 4.78 is 0. The minimum absolute atomic E-state index is 1.05. The van der Waals surface area contributed by atoms with Gasteiger partial charge < -0.3 is 0 Å². The van der Waals surface area contributed by atoms with Gasteiger partial charge in [0.25, 0.3) is 0 Å². The molecule has 0 saturated carbocycles. The summed E-state index contributed by atoms with van der Waals surface area (Å²) in [4.78, 5) is 9.10. The fraction of sp³-hybridized carbons (Fsp3) is 0.200. The Kier molecular flexibility index (Phi) is 3.23. The zero-order valence-corrected chi connectivity index (χ0v) is 12.7. The molecule has 0 bridgehead atoms. The number of nitrogens with zero attached hydrogens (tertiary/aromatic N) is 2. The normalized spacial score (nSPS) is 16.0. The number of hydrogen-bond acceptors (Lipinski definition) is 2. The Bertz CT molecular complexity index is 873. The summed E-state index contributed by atoms with van der Waals surface area (Å²) in [5.41, 5.74) is 7.59. The molecule has 108 valence electrons. The molecule has 4 rings (SSSR count). The molecular weight excluding hydrogens is 268 g/mol. The predicted molar refractivity (Wildman–Crippen MR) is 91.5 cm³/mol. The van der Waals surface area contributed by atoms with Crippen LogP contribution in [0.3, 0.4) is 0 Å². The SMILES string of the molecule is Cc1ccnc2c1CCCC2=Cc1ccnc2ccccc12. The molecule has 1 aliphatic rings. The molecule has 2 nitrogen and oxygen atoms in total. The van der Waals surface area contributed by atoms with E-state index in [-0.39, 0.29) is 0 Å². The van der Waals surface area contributed by atoms with Crippen LogP contribution in [0.4, 0.5) is 0 Å². The summed E-state index contributed by atoms with van der Waals surface area (Å²) in [6.45, 7) is 2.19. The minimum atomic E-state index is 1.05. The summed E-state index contributed by atoms with van der Waals surface area (Å²) in [5, 5.41) is 1.21. The van der Waals surface area contributed by atoms with Crippen molar-refractivity contribution < 1.29 is 0 Å². The Morgan fingerprint density at radius 2 is 1.82 bits per heavy atom. The molecule has 0 saturated heterocycles. The van der Waals surface area contributed by atoms with Crippen molar-refractivity contribution in [2.75, 3.05) is 0 Å². The largest absolute Gasteiger partial charge is 0.256 e. The summed E-state index contributed by atoms with van der Waals surface area (Å²) in [7, 11) is 0. The highest BCUT2D eigenvalue weighted by atomic mass is 14.7. The van der Waals surface area contributed by atoms with Crippen molar-refractivity contribution in [1.82, 2.24) is 9.97 Å². The number of hydrogen-bond donors (Lipinski definition) is 0. The fourth-order valence-electron chi connectivity index (χ4n) is 3.33. The van der Waals surface area contributed by atoms with Gasteiger partial charge in [0.05, 0.1) is 11.2 Å². The van der Waals surface area contributed by atoms with E-state index in [9.17, 15) is 0 Å². The molecule has 0 N–H and O–H groups in total. The number of rotatable bonds is 1. The van der Waals surface area contributed by atoms with Crippen LogP contribution < -0.4 is 0 Å². The van der Waals surface area contributed by atoms with Crippen LogP contribution in [0.2, 0.25) is 0 Å². The molecule has 1 aliphatic carbocycles. The Labute approximate surface area is 130 Å². The van der Waals surface area contributed by atoms with Crippen LogP contribution in [0.1, 0.15) is 35.2 Å². The van der Waals surface area contributed by atoms with Crippen LogP contribution >= 0.6 is 0 Å². The van der Waals surface area contributed by atoms with Gasteiger partial charge in [-0.15, -0.1) is 0 Å². The van der Waals surface area contributed by atoms with Crippen molar-refractivity contribution in [3.63, 3.8) is 0 Å². The third-order valence-electron chi connectivity index (χ3n) is 4.48. The van der Waals surface area contributed by atoms with Gasteiger partial charge in [-0.1, -0.05) is 18.2 Å². The van der Waals surface area contributed by atoms with E-state index in [4.69, 9.17) is 0 Å². The standard InChI is InChI=1S/C20H18N2/c1-14-9-11-22-20-16(5-4-7-17(14)20)13-15-10-12-21-19-8-3-2-6-18(15)19/h2-3,6,8-13H,4-5,7H2,1H3. The van der Waals surface area contributed by atoms with E-state index < -0.39 is 0 Å². The van der Waals surface area contributed by atoms with Crippen LogP contribution in [0.15, 0.2) is 48.8 Å². The molecule has 0 fully saturated rings. The van der Waals surface area contributed by atoms with Crippen molar-refractivity contribution in [2.45, 2.75) is 26.2 Å². The average molecular weight is 286 g/mol. The number of aromatic nitrogens is 2. The van der Waals surface area contributed by atoms with E-state index in [1.54, 1.807) is 0 Å². The molecule has 22 heavy (non-hydrogen) atoms. The lowest BCUT2D eigenvalue weighted by Crippen LogP contribution is -2.06. The quantitative estimate of drug-likeness (QED) is 0.641. The van der Waals surface area contributed by atoms with Gasteiger partial charge in [0.2, 0.25) is 0 Å². The number of fused-ring (bicyclic) bond motifs is 2. The molecule has 0 amide bonds. The van der Waals surface area contributed by atoms with Crippen molar-refractivity contribution in [3.8, 4) is 0 Å². The van der Waals surface area contributed by atoms with Gasteiger partial charge in [0.1, 0.15) is 0 Å². The van der Waals surface area contributed by atoms with Crippen LogP contribution in [-0.4, -0.2) is 9.97 Å². The maximum atomic E-state index is 4.65. The molecule has 3 aromatic rings. The van der Waals surface area contributed by atoms with Crippen LogP contribution in [0.5, 0.6) is 0 Å². The zero-order chi connectivity index (χ0) is 14.9. The van der Waals surface area contributed by atoms with Crippen LogP contribution in [-0.2, 0) is 6.42 Å². The second kappa shape index (κ2) is 5.38. The number of aryl methyl sites for hydroxylation is 1. The first kappa shape index (κ1) is 13.2. The Morgan fingerprint density at radius 3 is 2.77 bits per heavy atom. The fourth-order valence-corrected chi connectivity index (χ4v) is 3.33. The Morgan fingerprint density at radius 1 is 0.955 bits per heavy atom. The molecule has 0 radical (unpaired) electrons. The monoisotopic (exact) mass is 286 g/mol. The predicted octanol–water partition coefficient (Wildman–Crippen LogP) is 4.82. The lowest BCUT2D eigenvalue weighted by atomic mass is 9.88. The molecular formula is C20H18N2. The molecule has 1 aromatic carbocycles. The van der Waals surface area contributed by atoms with Crippen LogP contribution in [0.25, 0.3) is 22.6 Å². The topological polar surface area (TPSA) is 25.8 Å². The van der Waals surface area contributed by atoms with Gasteiger partial charge in [0.15, 0.2) is 0 Å². The highest BCUT2D eigenvalue weighted by Crippen LogP contribution is 2.33. The van der Waals surface area contributed by atoms with Crippen molar-refractivity contribution in [3.05, 3.63) is 71.2 Å². The van der Waals surface area contributed by atoms with E-state index in [1.807, 2.05) is 18.5 Å². The Balaban J connectivity index is 1.89. The molecule has 0 unspecified atom stereocenters. The van der Waals surface area contributed by atoms with E-state index in [0.29, 0.717) is 0 Å². The minimum Gasteiger partial charge on any atom is -0.256 e. The highest BCUT2D eigenvalue weighted by Gasteiger charge is 2.17. The molecule has 2 heteroatoms. The average Bonchev–Trinajstić information content (AvgIpc) is 2.56. The van der Waals surface area contributed by atoms with Gasteiger partial charge in [-0.2, -0.15) is 0 Å². The highest BCUT2D eigenvalue weighted by molar-refractivity contribution is 5.93. The smallest absolute Gasteiger partial charge is 0.0707 e. The summed E-state index contributed by atoms with van der Waals surface area (Å²) in [5.74, 6) is 0. The van der Waals surface area contributed by atoms with E-state index >= 15 is 0 Å². The maximum absolute atomic E-state index is 4.65. The zero-order valence-electron chi connectivity index (χ0n) is 12.7. The van der Waals surface area contributed by atoms with E-state index in [2.05, 4.69) is 53.3 Å². The van der Waals surface area contributed by atoms with Crippen molar-refractivity contribution in [1.29, 1.82) is 0 Å². The van der Waals surface area contributed by atoms with E-state index in [1.165, 1.54) is 39.8 Å². The van der Waals surface area contributed by atoms with Gasteiger partial charge in [-0.05, 0) is 72.7 Å². The lowest BCUT2D eigenvalue weighted by molar-refractivity contribution is 0.804. The van der Waals surface area contributed by atoms with E-state index in [0.717, 1.165) is 18.4 Å².